The van der Waals surface area contributed by atoms with Gasteiger partial charge in [0.05, 0.1) is 18.8 Å². The van der Waals surface area contributed by atoms with Crippen molar-refractivity contribution < 1.29 is 9.53 Å². The molecule has 1 aliphatic heterocycles. The fraction of sp³-hybridized carbons (Fsp3) is 0.556. The third-order valence-electron chi connectivity index (χ3n) is 5.23. The van der Waals surface area contributed by atoms with E-state index in [2.05, 4.69) is 20.5 Å². The Hall–Kier alpha value is -2.28. The molecule has 1 N–H and O–H groups in total. The first-order valence-electron chi connectivity index (χ1n) is 8.89. The quantitative estimate of drug-likeness (QED) is 0.918. The van der Waals surface area contributed by atoms with Crippen LogP contribution in [0.4, 0.5) is 0 Å². The standard InChI is InChI=1S/C18H23N5O2/c1-18(17(24)20-10-14-8-4-5-9-19-14)12-25-11-15-21-22-16(23(15)18)13-6-2-3-7-13/h4-5,8-9,13H,2-3,6-7,10-12H2,1H3,(H,20,24). The zero-order valence-electron chi connectivity index (χ0n) is 14.4. The number of hydrogen-bond donors (Lipinski definition) is 1. The van der Waals surface area contributed by atoms with Crippen molar-refractivity contribution in [1.82, 2.24) is 25.1 Å². The molecule has 0 saturated heterocycles. The highest BCUT2D eigenvalue weighted by Gasteiger charge is 2.43. The highest BCUT2D eigenvalue weighted by atomic mass is 16.5. The van der Waals surface area contributed by atoms with Crippen molar-refractivity contribution >= 4 is 5.91 Å². The minimum atomic E-state index is -0.830. The first-order valence-corrected chi connectivity index (χ1v) is 8.89. The molecule has 1 saturated carbocycles. The van der Waals surface area contributed by atoms with Gasteiger partial charge in [0.2, 0.25) is 5.91 Å². The van der Waals surface area contributed by atoms with Crippen LogP contribution in [0.5, 0.6) is 0 Å². The summed E-state index contributed by atoms with van der Waals surface area (Å²) in [6.45, 7) is 3.03. The predicted octanol–water partition coefficient (Wildman–Crippen LogP) is 1.89. The number of ether oxygens (including phenoxy) is 1. The van der Waals surface area contributed by atoms with E-state index in [0.29, 0.717) is 25.7 Å². The van der Waals surface area contributed by atoms with E-state index < -0.39 is 5.54 Å². The monoisotopic (exact) mass is 341 g/mol. The molecule has 1 aliphatic carbocycles. The van der Waals surface area contributed by atoms with Gasteiger partial charge in [-0.1, -0.05) is 18.9 Å². The Balaban J connectivity index is 1.59. The molecule has 132 valence electrons. The van der Waals surface area contributed by atoms with E-state index in [1.807, 2.05) is 29.7 Å². The largest absolute Gasteiger partial charge is 0.370 e. The molecule has 4 rings (SSSR count). The average Bonchev–Trinajstić information content (AvgIpc) is 3.30. The third kappa shape index (κ3) is 2.93. The maximum absolute atomic E-state index is 13.0. The van der Waals surface area contributed by atoms with Crippen LogP contribution in [0.25, 0.3) is 0 Å². The number of carbonyl (C=O) groups excluding carboxylic acids is 1. The fourth-order valence-electron chi connectivity index (χ4n) is 3.85. The molecule has 1 atom stereocenters. The minimum Gasteiger partial charge on any atom is -0.370 e. The topological polar surface area (TPSA) is 81.9 Å². The highest BCUT2D eigenvalue weighted by Crippen LogP contribution is 2.37. The van der Waals surface area contributed by atoms with Crippen molar-refractivity contribution in [1.29, 1.82) is 0 Å². The SMILES string of the molecule is CC1(C(=O)NCc2ccccn2)COCc2nnc(C3CCCC3)n21. The van der Waals surface area contributed by atoms with Crippen LogP contribution >= 0.6 is 0 Å². The van der Waals surface area contributed by atoms with E-state index in [1.165, 1.54) is 12.8 Å². The van der Waals surface area contributed by atoms with Crippen LogP contribution in [0.2, 0.25) is 0 Å². The zero-order chi connectivity index (χ0) is 17.3. The second kappa shape index (κ2) is 6.55. The van der Waals surface area contributed by atoms with Crippen molar-refractivity contribution in [2.45, 2.75) is 57.2 Å². The Kier molecular flexibility index (Phi) is 4.25. The zero-order valence-corrected chi connectivity index (χ0v) is 14.4. The van der Waals surface area contributed by atoms with Crippen LogP contribution in [0.3, 0.4) is 0 Å². The summed E-state index contributed by atoms with van der Waals surface area (Å²) in [5.41, 5.74) is 0.000214. The number of pyridine rings is 1. The van der Waals surface area contributed by atoms with Gasteiger partial charge in [-0.05, 0) is 31.9 Å². The molecule has 1 fully saturated rings. The molecule has 2 aromatic rings. The van der Waals surface area contributed by atoms with Crippen LogP contribution in [0, 0.1) is 0 Å². The number of aromatic nitrogens is 4. The molecule has 2 aliphatic rings. The van der Waals surface area contributed by atoms with Gasteiger partial charge in [0.1, 0.15) is 18.0 Å². The summed E-state index contributed by atoms with van der Waals surface area (Å²) in [6, 6.07) is 5.67. The van der Waals surface area contributed by atoms with Crippen molar-refractivity contribution in [3.05, 3.63) is 41.7 Å². The summed E-state index contributed by atoms with van der Waals surface area (Å²) in [5.74, 6) is 1.98. The minimum absolute atomic E-state index is 0.0850. The fourth-order valence-corrected chi connectivity index (χ4v) is 3.85. The summed E-state index contributed by atoms with van der Waals surface area (Å²) >= 11 is 0. The van der Waals surface area contributed by atoms with Crippen molar-refractivity contribution in [3.63, 3.8) is 0 Å². The van der Waals surface area contributed by atoms with Crippen LogP contribution < -0.4 is 5.32 Å². The Morgan fingerprint density at radius 3 is 2.96 bits per heavy atom. The van der Waals surface area contributed by atoms with Crippen LogP contribution in [-0.4, -0.2) is 32.3 Å². The lowest BCUT2D eigenvalue weighted by Crippen LogP contribution is -2.53. The molecule has 3 heterocycles. The smallest absolute Gasteiger partial charge is 0.248 e. The highest BCUT2D eigenvalue weighted by molar-refractivity contribution is 5.84. The van der Waals surface area contributed by atoms with Crippen LogP contribution in [0.15, 0.2) is 24.4 Å². The van der Waals surface area contributed by atoms with E-state index in [9.17, 15) is 4.79 Å². The Morgan fingerprint density at radius 2 is 2.20 bits per heavy atom. The maximum atomic E-state index is 13.0. The molecule has 0 bridgehead atoms. The average molecular weight is 341 g/mol. The van der Waals surface area contributed by atoms with Gasteiger partial charge >= 0.3 is 0 Å². The van der Waals surface area contributed by atoms with E-state index in [4.69, 9.17) is 4.74 Å². The van der Waals surface area contributed by atoms with Gasteiger partial charge in [-0.15, -0.1) is 10.2 Å². The second-order valence-electron chi connectivity index (χ2n) is 7.06. The number of amides is 1. The van der Waals surface area contributed by atoms with E-state index >= 15 is 0 Å². The number of hydrogen-bond acceptors (Lipinski definition) is 5. The molecule has 0 aromatic carbocycles. The molecular formula is C18H23N5O2. The van der Waals surface area contributed by atoms with Crippen molar-refractivity contribution in [3.8, 4) is 0 Å². The maximum Gasteiger partial charge on any atom is 0.248 e. The molecule has 1 unspecified atom stereocenters. The van der Waals surface area contributed by atoms with Crippen LogP contribution in [-0.2, 0) is 28.2 Å². The summed E-state index contributed by atoms with van der Waals surface area (Å²) < 4.78 is 7.69. The molecule has 7 nitrogen and oxygen atoms in total. The van der Waals surface area contributed by atoms with Gasteiger partial charge < -0.3 is 10.1 Å². The molecule has 2 aromatic heterocycles. The summed E-state index contributed by atoms with van der Waals surface area (Å²) in [7, 11) is 0. The Bertz CT molecular complexity index is 754. The first kappa shape index (κ1) is 16.2. The van der Waals surface area contributed by atoms with Crippen molar-refractivity contribution in [2.75, 3.05) is 6.61 Å². The Labute approximate surface area is 146 Å². The van der Waals surface area contributed by atoms with Gasteiger partial charge in [-0.3, -0.25) is 14.3 Å². The van der Waals surface area contributed by atoms with Crippen LogP contribution in [0.1, 0.15) is 55.9 Å². The summed E-state index contributed by atoms with van der Waals surface area (Å²) in [4.78, 5) is 17.3. The molecule has 1 amide bonds. The lowest BCUT2D eigenvalue weighted by molar-refractivity contribution is -0.135. The summed E-state index contributed by atoms with van der Waals surface area (Å²) in [6.07, 6.45) is 6.39. The van der Waals surface area contributed by atoms with Gasteiger partial charge in [-0.2, -0.15) is 0 Å². The predicted molar refractivity (Wildman–Crippen MR) is 90.6 cm³/mol. The summed E-state index contributed by atoms with van der Waals surface area (Å²) in [5, 5.41) is 11.7. The normalized spacial score (nSPS) is 23.4. The van der Waals surface area contributed by atoms with E-state index in [1.54, 1.807) is 6.20 Å². The molecule has 0 spiro atoms. The number of nitrogens with zero attached hydrogens (tertiary/aromatic N) is 4. The van der Waals surface area contributed by atoms with Crippen molar-refractivity contribution in [2.24, 2.45) is 0 Å². The van der Waals surface area contributed by atoms with Gasteiger partial charge in [0.15, 0.2) is 5.82 Å². The molecule has 0 radical (unpaired) electrons. The van der Waals surface area contributed by atoms with E-state index in [-0.39, 0.29) is 5.91 Å². The second-order valence-corrected chi connectivity index (χ2v) is 7.06. The number of rotatable bonds is 4. The molecule has 7 heteroatoms. The lowest BCUT2D eigenvalue weighted by atomic mass is 9.97. The molecular weight excluding hydrogens is 318 g/mol. The Morgan fingerprint density at radius 1 is 1.36 bits per heavy atom. The van der Waals surface area contributed by atoms with Gasteiger partial charge in [-0.25, -0.2) is 0 Å². The lowest BCUT2D eigenvalue weighted by Gasteiger charge is -2.35. The number of nitrogens with one attached hydrogen (secondary N) is 1. The van der Waals surface area contributed by atoms with Gasteiger partial charge in [0, 0.05) is 12.1 Å². The molecule has 25 heavy (non-hydrogen) atoms. The first-order chi connectivity index (χ1) is 12.2. The number of fused-ring (bicyclic) bond motifs is 1. The third-order valence-corrected chi connectivity index (χ3v) is 5.23. The van der Waals surface area contributed by atoms with Gasteiger partial charge in [0.25, 0.3) is 0 Å². The number of carbonyl (C=O) groups is 1. The van der Waals surface area contributed by atoms with E-state index in [0.717, 1.165) is 30.2 Å².